The van der Waals surface area contributed by atoms with Gasteiger partial charge in [0.1, 0.15) is 5.01 Å². The third-order valence-corrected chi connectivity index (χ3v) is 5.37. The quantitative estimate of drug-likeness (QED) is 0.907. The van der Waals surface area contributed by atoms with E-state index in [2.05, 4.69) is 22.1 Å². The van der Waals surface area contributed by atoms with Crippen molar-refractivity contribution >= 4 is 29.7 Å². The van der Waals surface area contributed by atoms with Crippen LogP contribution in [0.4, 0.5) is 0 Å². The van der Waals surface area contributed by atoms with Crippen LogP contribution in [0.2, 0.25) is 0 Å². The first kappa shape index (κ1) is 16.7. The van der Waals surface area contributed by atoms with Gasteiger partial charge in [-0.2, -0.15) is 0 Å². The van der Waals surface area contributed by atoms with Gasteiger partial charge in [-0.1, -0.05) is 0 Å². The summed E-state index contributed by atoms with van der Waals surface area (Å²) in [5.41, 5.74) is 0. The summed E-state index contributed by atoms with van der Waals surface area (Å²) in [7, 11) is 0. The number of carbonyl (C=O) groups excluding carboxylic acids is 1. The Bertz CT molecular complexity index is 454. The highest BCUT2D eigenvalue weighted by Crippen LogP contribution is 2.34. The first-order valence-corrected chi connectivity index (χ1v) is 8.57. The molecule has 0 aliphatic carbocycles. The fourth-order valence-electron chi connectivity index (χ4n) is 3.44. The van der Waals surface area contributed by atoms with Crippen molar-refractivity contribution in [1.82, 2.24) is 15.2 Å². The zero-order valence-electron chi connectivity index (χ0n) is 12.5. The number of hydrogen-bond donors (Lipinski definition) is 1. The molecule has 3 atom stereocenters. The van der Waals surface area contributed by atoms with Gasteiger partial charge in [0.2, 0.25) is 5.91 Å². The number of thiazole rings is 1. The standard InChI is InChI=1S/C15H23N3OS.ClH/c1-11-10-12(5-6-16-11)15(19)18-8-3-2-4-13(18)14-17-7-9-20-14;/h7,9,11-13,16H,2-6,8,10H2,1H3;1H/t11-,12-,13?;/m0./s1. The van der Waals surface area contributed by atoms with Gasteiger partial charge in [0.05, 0.1) is 6.04 Å². The Morgan fingerprint density at radius 1 is 1.43 bits per heavy atom. The second-order valence-corrected chi connectivity index (χ2v) is 6.92. The summed E-state index contributed by atoms with van der Waals surface area (Å²) >= 11 is 1.68. The van der Waals surface area contributed by atoms with Gasteiger partial charge in [-0.15, -0.1) is 23.7 Å². The molecule has 3 rings (SSSR count). The monoisotopic (exact) mass is 329 g/mol. The highest BCUT2D eigenvalue weighted by Gasteiger charge is 2.35. The van der Waals surface area contributed by atoms with Crippen LogP contribution in [0.3, 0.4) is 0 Å². The van der Waals surface area contributed by atoms with Crippen molar-refractivity contribution < 1.29 is 4.79 Å². The molecular weight excluding hydrogens is 306 g/mol. The van der Waals surface area contributed by atoms with Crippen molar-refractivity contribution in [1.29, 1.82) is 0 Å². The van der Waals surface area contributed by atoms with Crippen LogP contribution >= 0.6 is 23.7 Å². The summed E-state index contributed by atoms with van der Waals surface area (Å²) in [6.45, 7) is 4.04. The molecule has 3 heterocycles. The number of amides is 1. The number of aromatic nitrogens is 1. The van der Waals surface area contributed by atoms with Crippen molar-refractivity contribution in [2.75, 3.05) is 13.1 Å². The lowest BCUT2D eigenvalue weighted by atomic mass is 9.90. The lowest BCUT2D eigenvalue weighted by molar-refractivity contribution is -0.140. The number of likely N-dealkylation sites (tertiary alicyclic amines) is 1. The molecule has 0 bridgehead atoms. The topological polar surface area (TPSA) is 45.2 Å². The number of halogens is 1. The van der Waals surface area contributed by atoms with E-state index in [0.29, 0.717) is 11.9 Å². The zero-order valence-corrected chi connectivity index (χ0v) is 14.1. The van der Waals surface area contributed by atoms with Gasteiger partial charge in [-0.3, -0.25) is 4.79 Å². The highest BCUT2D eigenvalue weighted by atomic mass is 35.5. The first-order valence-electron chi connectivity index (χ1n) is 7.69. The van der Waals surface area contributed by atoms with Crippen LogP contribution < -0.4 is 5.32 Å². The number of piperidine rings is 2. The first-order chi connectivity index (χ1) is 9.75. The Morgan fingerprint density at radius 3 is 3.00 bits per heavy atom. The fraction of sp³-hybridized carbons (Fsp3) is 0.733. The molecule has 0 spiro atoms. The van der Waals surface area contributed by atoms with Crippen molar-refractivity contribution in [2.24, 2.45) is 5.92 Å². The van der Waals surface area contributed by atoms with Gasteiger partial charge in [0.25, 0.3) is 0 Å². The maximum Gasteiger partial charge on any atom is 0.226 e. The Balaban J connectivity index is 0.00000161. The lowest BCUT2D eigenvalue weighted by Crippen LogP contribution is -2.46. The van der Waals surface area contributed by atoms with Gasteiger partial charge in [-0.25, -0.2) is 4.98 Å². The van der Waals surface area contributed by atoms with Crippen LogP contribution in [-0.2, 0) is 4.79 Å². The van der Waals surface area contributed by atoms with Crippen LogP contribution in [0.25, 0.3) is 0 Å². The second-order valence-electron chi connectivity index (χ2n) is 5.99. The van der Waals surface area contributed by atoms with Crippen LogP contribution in [0.1, 0.15) is 50.1 Å². The fourth-order valence-corrected chi connectivity index (χ4v) is 4.23. The molecule has 2 aliphatic rings. The SMILES string of the molecule is C[C@H]1C[C@@H](C(=O)N2CCCCC2c2nccs2)CCN1.Cl. The third-order valence-electron chi connectivity index (χ3n) is 4.50. The number of hydrogen-bond acceptors (Lipinski definition) is 4. The molecule has 6 heteroatoms. The van der Waals surface area contributed by atoms with Gasteiger partial charge < -0.3 is 10.2 Å². The maximum absolute atomic E-state index is 12.9. The molecule has 1 aromatic heterocycles. The molecule has 0 saturated carbocycles. The molecule has 2 saturated heterocycles. The molecule has 0 radical (unpaired) electrons. The molecule has 2 fully saturated rings. The molecule has 1 amide bonds. The average Bonchev–Trinajstić information content (AvgIpc) is 3.00. The van der Waals surface area contributed by atoms with E-state index in [0.717, 1.165) is 43.8 Å². The van der Waals surface area contributed by atoms with E-state index in [1.807, 2.05) is 11.6 Å². The Labute approximate surface area is 136 Å². The minimum atomic E-state index is 0. The molecule has 118 valence electrons. The van der Waals surface area contributed by atoms with E-state index < -0.39 is 0 Å². The summed E-state index contributed by atoms with van der Waals surface area (Å²) in [5, 5.41) is 6.55. The van der Waals surface area contributed by atoms with E-state index in [1.165, 1.54) is 6.42 Å². The largest absolute Gasteiger partial charge is 0.333 e. The van der Waals surface area contributed by atoms with Crippen molar-refractivity contribution in [2.45, 2.75) is 51.1 Å². The minimum Gasteiger partial charge on any atom is -0.333 e. The van der Waals surface area contributed by atoms with Gasteiger partial charge in [-0.05, 0) is 45.6 Å². The van der Waals surface area contributed by atoms with Gasteiger partial charge >= 0.3 is 0 Å². The van der Waals surface area contributed by atoms with Crippen molar-refractivity contribution in [3.05, 3.63) is 16.6 Å². The highest BCUT2D eigenvalue weighted by molar-refractivity contribution is 7.09. The zero-order chi connectivity index (χ0) is 13.9. The molecule has 0 aromatic carbocycles. The Kier molecular flexibility index (Phi) is 6.02. The number of carbonyl (C=O) groups is 1. The molecule has 4 nitrogen and oxygen atoms in total. The summed E-state index contributed by atoms with van der Waals surface area (Å²) in [6.07, 6.45) is 7.21. The minimum absolute atomic E-state index is 0. The van der Waals surface area contributed by atoms with E-state index in [9.17, 15) is 4.79 Å². The van der Waals surface area contributed by atoms with Gasteiger partial charge in [0, 0.05) is 30.1 Å². The van der Waals surface area contributed by atoms with Crippen molar-refractivity contribution in [3.8, 4) is 0 Å². The molecule has 2 aliphatic heterocycles. The molecule has 1 aromatic rings. The van der Waals surface area contributed by atoms with Crippen molar-refractivity contribution in [3.63, 3.8) is 0 Å². The number of nitrogens with one attached hydrogen (secondary N) is 1. The smallest absolute Gasteiger partial charge is 0.226 e. The summed E-state index contributed by atoms with van der Waals surface area (Å²) < 4.78 is 0. The molecule has 1 N–H and O–H groups in total. The summed E-state index contributed by atoms with van der Waals surface area (Å²) in [6, 6.07) is 0.683. The average molecular weight is 330 g/mol. The van der Waals surface area contributed by atoms with E-state index in [4.69, 9.17) is 0 Å². The van der Waals surface area contributed by atoms with Gasteiger partial charge in [0.15, 0.2) is 0 Å². The predicted molar refractivity (Wildman–Crippen MR) is 87.9 cm³/mol. The molecule has 1 unspecified atom stereocenters. The molecule has 21 heavy (non-hydrogen) atoms. The van der Waals surface area contributed by atoms with Crippen LogP contribution in [0, 0.1) is 5.92 Å². The summed E-state index contributed by atoms with van der Waals surface area (Å²) in [4.78, 5) is 19.4. The maximum atomic E-state index is 12.9. The predicted octanol–water partition coefficient (Wildman–Crippen LogP) is 3.01. The Morgan fingerprint density at radius 2 is 2.29 bits per heavy atom. The number of rotatable bonds is 2. The molecular formula is C15H24ClN3OS. The third kappa shape index (κ3) is 3.76. The second kappa shape index (κ2) is 7.56. The Hall–Kier alpha value is -0.650. The normalized spacial score (nSPS) is 29.8. The van der Waals surface area contributed by atoms with Crippen LogP contribution in [0.5, 0.6) is 0 Å². The van der Waals surface area contributed by atoms with E-state index >= 15 is 0 Å². The van der Waals surface area contributed by atoms with E-state index in [-0.39, 0.29) is 24.4 Å². The van der Waals surface area contributed by atoms with Crippen LogP contribution in [-0.4, -0.2) is 34.9 Å². The van der Waals surface area contributed by atoms with E-state index in [1.54, 1.807) is 11.3 Å². The number of nitrogens with zero attached hydrogens (tertiary/aromatic N) is 2. The van der Waals surface area contributed by atoms with Crippen LogP contribution in [0.15, 0.2) is 11.6 Å². The lowest BCUT2D eigenvalue weighted by Gasteiger charge is -2.38. The summed E-state index contributed by atoms with van der Waals surface area (Å²) in [5.74, 6) is 0.560.